The summed E-state index contributed by atoms with van der Waals surface area (Å²) >= 11 is 0. The molecule has 2 aromatic carbocycles. The van der Waals surface area contributed by atoms with Crippen LogP contribution in [0.15, 0.2) is 42.5 Å². The molecule has 0 unspecified atom stereocenters. The van der Waals surface area contributed by atoms with Crippen molar-refractivity contribution in [2.75, 3.05) is 13.2 Å². The van der Waals surface area contributed by atoms with Gasteiger partial charge in [0, 0.05) is 11.6 Å². The Labute approximate surface area is 259 Å². The lowest BCUT2D eigenvalue weighted by atomic mass is 10.1. The van der Waals surface area contributed by atoms with E-state index in [0.29, 0.717) is 13.2 Å². The largest absolute Gasteiger partial charge is 0.492 e. The Morgan fingerprint density at radius 2 is 0.929 bits per heavy atom. The van der Waals surface area contributed by atoms with Gasteiger partial charge in [-0.05, 0) is 31.0 Å². The molecule has 0 aliphatic heterocycles. The summed E-state index contributed by atoms with van der Waals surface area (Å²) in [6.45, 7) is 5.91. The van der Waals surface area contributed by atoms with Gasteiger partial charge in [0.05, 0.1) is 24.3 Å². The van der Waals surface area contributed by atoms with Crippen molar-refractivity contribution in [2.24, 2.45) is 0 Å². The Kier molecular flexibility index (Phi) is 20.8. The maximum atomic E-state index is 6.29. The summed E-state index contributed by atoms with van der Waals surface area (Å²) in [5, 5.41) is 0. The first-order chi connectivity index (χ1) is 20.8. The van der Waals surface area contributed by atoms with Crippen LogP contribution in [0.1, 0.15) is 159 Å². The standard InChI is InChI=1S/C40H58O2/c1-4-7-9-11-13-15-17-19-21-26-32-41-39-35-40(42-33-27-22-20-18-16-14-12-10-8-5-2)38(34-37(39)6-3)31-30-36-28-24-23-25-29-36/h3,23-25,28-29,34-35H,4-5,7-22,26-27,32-33H2,1-2H3. The minimum atomic E-state index is 0.679. The van der Waals surface area contributed by atoms with Crippen LogP contribution < -0.4 is 9.47 Å². The third-order valence-corrected chi connectivity index (χ3v) is 7.86. The zero-order chi connectivity index (χ0) is 29.9. The fourth-order valence-electron chi connectivity index (χ4n) is 5.21. The maximum absolute atomic E-state index is 6.29. The highest BCUT2D eigenvalue weighted by molar-refractivity contribution is 5.59. The predicted molar refractivity (Wildman–Crippen MR) is 181 cm³/mol. The second kappa shape index (κ2) is 24.7. The Bertz CT molecular complexity index is 1040. The average molecular weight is 571 g/mol. The van der Waals surface area contributed by atoms with E-state index in [1.165, 1.54) is 116 Å². The number of hydrogen-bond acceptors (Lipinski definition) is 2. The summed E-state index contributed by atoms with van der Waals surface area (Å²) < 4.78 is 12.5. The number of unbranched alkanes of at least 4 members (excludes halogenated alkanes) is 18. The molecule has 0 N–H and O–H groups in total. The average Bonchev–Trinajstić information content (AvgIpc) is 3.02. The molecule has 2 nitrogen and oxygen atoms in total. The summed E-state index contributed by atoms with van der Waals surface area (Å²) in [7, 11) is 0. The van der Waals surface area contributed by atoms with Crippen molar-refractivity contribution in [3.8, 4) is 35.7 Å². The van der Waals surface area contributed by atoms with Crippen LogP contribution in [-0.2, 0) is 0 Å². The predicted octanol–water partition coefficient (Wildman–Crippen LogP) is 11.7. The summed E-state index contributed by atoms with van der Waals surface area (Å²) in [5.41, 5.74) is 2.54. The smallest absolute Gasteiger partial charge is 0.138 e. The first-order valence-corrected chi connectivity index (χ1v) is 17.3. The van der Waals surface area contributed by atoms with E-state index in [-0.39, 0.29) is 0 Å². The molecule has 0 spiro atoms. The quantitative estimate of drug-likeness (QED) is 0.0923. The molecular weight excluding hydrogens is 512 g/mol. The lowest BCUT2D eigenvalue weighted by Gasteiger charge is -2.14. The fourth-order valence-corrected chi connectivity index (χ4v) is 5.21. The van der Waals surface area contributed by atoms with Crippen LogP contribution in [0.5, 0.6) is 11.5 Å². The number of hydrogen-bond donors (Lipinski definition) is 0. The number of benzene rings is 2. The van der Waals surface area contributed by atoms with Crippen LogP contribution in [0.4, 0.5) is 0 Å². The lowest BCUT2D eigenvalue weighted by molar-refractivity contribution is 0.288. The van der Waals surface area contributed by atoms with Crippen molar-refractivity contribution in [3.63, 3.8) is 0 Å². The molecule has 2 aromatic rings. The van der Waals surface area contributed by atoms with E-state index in [1.54, 1.807) is 0 Å². The number of ether oxygens (including phenoxy) is 2. The van der Waals surface area contributed by atoms with Gasteiger partial charge in [-0.3, -0.25) is 0 Å². The minimum absolute atomic E-state index is 0.679. The lowest BCUT2D eigenvalue weighted by Crippen LogP contribution is -2.03. The normalized spacial score (nSPS) is 10.6. The summed E-state index contributed by atoms with van der Waals surface area (Å²) in [6, 6.07) is 14.0. The molecule has 2 rings (SSSR count). The highest BCUT2D eigenvalue weighted by Gasteiger charge is 2.11. The molecule has 0 saturated carbocycles. The Morgan fingerprint density at radius 3 is 1.38 bits per heavy atom. The van der Waals surface area contributed by atoms with E-state index >= 15 is 0 Å². The molecular formula is C40H58O2. The van der Waals surface area contributed by atoms with Gasteiger partial charge in [-0.2, -0.15) is 0 Å². The Morgan fingerprint density at radius 1 is 0.500 bits per heavy atom. The van der Waals surface area contributed by atoms with E-state index in [4.69, 9.17) is 15.9 Å². The van der Waals surface area contributed by atoms with Crippen molar-refractivity contribution in [1.82, 2.24) is 0 Å². The molecule has 0 aliphatic rings. The van der Waals surface area contributed by atoms with Gasteiger partial charge in [0.15, 0.2) is 0 Å². The van der Waals surface area contributed by atoms with Crippen LogP contribution in [0.2, 0.25) is 0 Å². The van der Waals surface area contributed by atoms with Crippen molar-refractivity contribution in [1.29, 1.82) is 0 Å². The zero-order valence-corrected chi connectivity index (χ0v) is 27.0. The minimum Gasteiger partial charge on any atom is -0.492 e. The Hall–Kier alpha value is -2.84. The third-order valence-electron chi connectivity index (χ3n) is 7.86. The SMILES string of the molecule is C#Cc1cc(C#Cc2ccccc2)c(OCCCCCCCCCCCC)cc1OCCCCCCCCCCCC. The van der Waals surface area contributed by atoms with E-state index in [9.17, 15) is 0 Å². The van der Waals surface area contributed by atoms with E-state index in [2.05, 4.69) is 31.6 Å². The summed E-state index contributed by atoms with van der Waals surface area (Å²) in [5.74, 6) is 10.9. The monoisotopic (exact) mass is 570 g/mol. The maximum Gasteiger partial charge on any atom is 0.138 e. The van der Waals surface area contributed by atoms with Crippen molar-refractivity contribution in [3.05, 3.63) is 59.2 Å². The highest BCUT2D eigenvalue weighted by atomic mass is 16.5. The van der Waals surface area contributed by atoms with Gasteiger partial charge in [-0.25, -0.2) is 0 Å². The molecule has 0 aromatic heterocycles. The molecule has 230 valence electrons. The second-order valence-corrected chi connectivity index (χ2v) is 11.7. The highest BCUT2D eigenvalue weighted by Crippen LogP contribution is 2.29. The van der Waals surface area contributed by atoms with E-state index in [0.717, 1.165) is 41.0 Å². The molecule has 0 atom stereocenters. The van der Waals surface area contributed by atoms with Crippen LogP contribution in [0, 0.1) is 24.2 Å². The second-order valence-electron chi connectivity index (χ2n) is 11.7. The van der Waals surface area contributed by atoms with E-state index in [1.807, 2.05) is 42.5 Å². The van der Waals surface area contributed by atoms with Crippen LogP contribution in [-0.4, -0.2) is 13.2 Å². The van der Waals surface area contributed by atoms with Crippen molar-refractivity contribution in [2.45, 2.75) is 142 Å². The fraction of sp³-hybridized carbons (Fsp3) is 0.600. The molecule has 42 heavy (non-hydrogen) atoms. The van der Waals surface area contributed by atoms with Gasteiger partial charge in [-0.15, -0.1) is 6.42 Å². The van der Waals surface area contributed by atoms with Crippen LogP contribution >= 0.6 is 0 Å². The molecule has 0 saturated heterocycles. The molecule has 0 fully saturated rings. The zero-order valence-electron chi connectivity index (χ0n) is 27.0. The Balaban J connectivity index is 1.85. The van der Waals surface area contributed by atoms with E-state index < -0.39 is 0 Å². The van der Waals surface area contributed by atoms with Gasteiger partial charge in [0.25, 0.3) is 0 Å². The van der Waals surface area contributed by atoms with Gasteiger partial charge in [-0.1, -0.05) is 165 Å². The van der Waals surface area contributed by atoms with Crippen LogP contribution in [0.25, 0.3) is 0 Å². The molecule has 0 amide bonds. The van der Waals surface area contributed by atoms with Crippen molar-refractivity contribution >= 4 is 0 Å². The van der Waals surface area contributed by atoms with Gasteiger partial charge >= 0.3 is 0 Å². The molecule has 0 heterocycles. The van der Waals surface area contributed by atoms with Crippen molar-refractivity contribution < 1.29 is 9.47 Å². The van der Waals surface area contributed by atoms with Gasteiger partial charge in [0.2, 0.25) is 0 Å². The first kappa shape index (κ1) is 35.4. The molecule has 0 aliphatic carbocycles. The summed E-state index contributed by atoms with van der Waals surface area (Å²) in [6.07, 6.45) is 32.0. The topological polar surface area (TPSA) is 18.5 Å². The summed E-state index contributed by atoms with van der Waals surface area (Å²) in [4.78, 5) is 0. The van der Waals surface area contributed by atoms with Gasteiger partial charge < -0.3 is 9.47 Å². The number of terminal acetylenes is 1. The van der Waals surface area contributed by atoms with Gasteiger partial charge in [0.1, 0.15) is 11.5 Å². The molecule has 2 heteroatoms. The third kappa shape index (κ3) is 16.6. The number of rotatable bonds is 24. The van der Waals surface area contributed by atoms with Crippen LogP contribution in [0.3, 0.4) is 0 Å². The molecule has 0 radical (unpaired) electrons. The first-order valence-electron chi connectivity index (χ1n) is 17.3. The molecule has 0 bridgehead atoms.